The third kappa shape index (κ3) is 2.72. The van der Waals surface area contributed by atoms with Gasteiger partial charge in [-0.05, 0) is 31.0 Å². The standard InChI is InChI=1S/C17H19N3O2/c1-2-16-15(4-8-18-16)17(3-1)22-14-5-9-20(10-6-14)12-13-7-11-21-19-13/h1-4,7-8,11,14,18H,5-6,9-10,12H2. The second-order valence-electron chi connectivity index (χ2n) is 5.78. The average molecular weight is 297 g/mol. The maximum atomic E-state index is 6.23. The number of hydrogen-bond acceptors (Lipinski definition) is 4. The number of fused-ring (bicyclic) bond motifs is 1. The van der Waals surface area contributed by atoms with E-state index >= 15 is 0 Å². The van der Waals surface area contributed by atoms with Gasteiger partial charge in [0.05, 0.1) is 5.69 Å². The van der Waals surface area contributed by atoms with Crippen LogP contribution in [-0.4, -0.2) is 34.2 Å². The van der Waals surface area contributed by atoms with Crippen molar-refractivity contribution in [2.75, 3.05) is 13.1 Å². The zero-order chi connectivity index (χ0) is 14.8. The first-order valence-electron chi connectivity index (χ1n) is 7.73. The zero-order valence-electron chi connectivity index (χ0n) is 12.4. The molecule has 1 saturated heterocycles. The van der Waals surface area contributed by atoms with Crippen LogP contribution in [0.1, 0.15) is 18.5 Å². The third-order valence-electron chi connectivity index (χ3n) is 4.26. The number of aromatic nitrogens is 2. The minimum Gasteiger partial charge on any atom is -0.490 e. The Kier molecular flexibility index (Phi) is 3.56. The van der Waals surface area contributed by atoms with Gasteiger partial charge < -0.3 is 14.2 Å². The second-order valence-corrected chi connectivity index (χ2v) is 5.78. The van der Waals surface area contributed by atoms with Gasteiger partial charge in [0.1, 0.15) is 18.1 Å². The molecule has 1 aliphatic heterocycles. The van der Waals surface area contributed by atoms with Crippen LogP contribution < -0.4 is 4.74 Å². The fraction of sp³-hybridized carbons (Fsp3) is 0.353. The molecule has 4 rings (SSSR count). The summed E-state index contributed by atoms with van der Waals surface area (Å²) in [4.78, 5) is 5.62. The van der Waals surface area contributed by atoms with E-state index in [-0.39, 0.29) is 6.10 Å². The molecule has 22 heavy (non-hydrogen) atoms. The molecule has 0 spiro atoms. The molecule has 1 aromatic carbocycles. The summed E-state index contributed by atoms with van der Waals surface area (Å²) in [6.07, 6.45) is 5.95. The molecule has 0 atom stereocenters. The number of hydrogen-bond donors (Lipinski definition) is 1. The molecule has 2 aromatic heterocycles. The number of nitrogens with zero attached hydrogens (tertiary/aromatic N) is 2. The van der Waals surface area contributed by atoms with Crippen molar-refractivity contribution in [3.63, 3.8) is 0 Å². The van der Waals surface area contributed by atoms with Crippen LogP contribution in [0.5, 0.6) is 5.75 Å². The third-order valence-corrected chi connectivity index (χ3v) is 4.26. The summed E-state index contributed by atoms with van der Waals surface area (Å²) in [5, 5.41) is 5.13. The van der Waals surface area contributed by atoms with Crippen molar-refractivity contribution in [3.05, 3.63) is 48.5 Å². The number of likely N-dealkylation sites (tertiary alicyclic amines) is 1. The normalized spacial score (nSPS) is 17.1. The summed E-state index contributed by atoms with van der Waals surface area (Å²) in [5.74, 6) is 0.980. The number of aromatic amines is 1. The molecule has 0 amide bonds. The van der Waals surface area contributed by atoms with E-state index in [1.165, 1.54) is 0 Å². The predicted molar refractivity (Wildman–Crippen MR) is 83.7 cm³/mol. The number of ether oxygens (including phenoxy) is 1. The predicted octanol–water partition coefficient (Wildman–Crippen LogP) is 3.20. The van der Waals surface area contributed by atoms with Crippen molar-refractivity contribution >= 4 is 10.9 Å². The lowest BCUT2D eigenvalue weighted by Gasteiger charge is -2.31. The fourth-order valence-electron chi connectivity index (χ4n) is 3.07. The molecule has 0 aliphatic carbocycles. The Morgan fingerprint density at radius 2 is 2.14 bits per heavy atom. The van der Waals surface area contributed by atoms with Crippen molar-refractivity contribution in [1.82, 2.24) is 15.0 Å². The quantitative estimate of drug-likeness (QED) is 0.803. The highest BCUT2D eigenvalue weighted by Crippen LogP contribution is 2.27. The monoisotopic (exact) mass is 297 g/mol. The number of H-pyrrole nitrogens is 1. The van der Waals surface area contributed by atoms with Crippen LogP contribution in [0.4, 0.5) is 0 Å². The van der Waals surface area contributed by atoms with Crippen LogP contribution >= 0.6 is 0 Å². The Morgan fingerprint density at radius 3 is 2.95 bits per heavy atom. The molecule has 0 unspecified atom stereocenters. The highest BCUT2D eigenvalue weighted by molar-refractivity contribution is 5.85. The molecule has 5 heteroatoms. The maximum Gasteiger partial charge on any atom is 0.129 e. The van der Waals surface area contributed by atoms with E-state index < -0.39 is 0 Å². The minimum atomic E-state index is 0.286. The zero-order valence-corrected chi connectivity index (χ0v) is 12.4. The Morgan fingerprint density at radius 1 is 1.23 bits per heavy atom. The van der Waals surface area contributed by atoms with Crippen LogP contribution in [-0.2, 0) is 6.54 Å². The van der Waals surface area contributed by atoms with Crippen molar-refractivity contribution in [3.8, 4) is 5.75 Å². The van der Waals surface area contributed by atoms with Crippen molar-refractivity contribution < 1.29 is 9.26 Å². The fourth-order valence-corrected chi connectivity index (χ4v) is 3.07. The lowest BCUT2D eigenvalue weighted by Crippen LogP contribution is -2.37. The van der Waals surface area contributed by atoms with Gasteiger partial charge in [0, 0.05) is 42.8 Å². The number of nitrogens with one attached hydrogen (secondary N) is 1. The lowest BCUT2D eigenvalue weighted by atomic mass is 10.1. The first-order valence-corrected chi connectivity index (χ1v) is 7.73. The Labute approximate surface area is 128 Å². The number of rotatable bonds is 4. The molecule has 1 aliphatic rings. The van der Waals surface area contributed by atoms with Gasteiger partial charge in [-0.3, -0.25) is 4.90 Å². The van der Waals surface area contributed by atoms with E-state index in [9.17, 15) is 0 Å². The molecule has 1 fully saturated rings. The van der Waals surface area contributed by atoms with Crippen LogP contribution in [0.3, 0.4) is 0 Å². The summed E-state index contributed by atoms with van der Waals surface area (Å²) < 4.78 is 11.1. The Balaban J connectivity index is 1.37. The van der Waals surface area contributed by atoms with E-state index in [1.54, 1.807) is 6.26 Å². The van der Waals surface area contributed by atoms with E-state index in [0.717, 1.165) is 54.8 Å². The van der Waals surface area contributed by atoms with Crippen molar-refractivity contribution in [2.45, 2.75) is 25.5 Å². The van der Waals surface area contributed by atoms with Crippen molar-refractivity contribution in [2.24, 2.45) is 0 Å². The van der Waals surface area contributed by atoms with Crippen LogP contribution in [0.25, 0.3) is 10.9 Å². The van der Waals surface area contributed by atoms with E-state index in [1.807, 2.05) is 18.3 Å². The van der Waals surface area contributed by atoms with Gasteiger partial charge in [0.15, 0.2) is 0 Å². The number of piperidine rings is 1. The van der Waals surface area contributed by atoms with Crippen LogP contribution in [0.15, 0.2) is 47.3 Å². The highest BCUT2D eigenvalue weighted by atomic mass is 16.5. The minimum absolute atomic E-state index is 0.286. The largest absolute Gasteiger partial charge is 0.490 e. The van der Waals surface area contributed by atoms with Gasteiger partial charge in [0.25, 0.3) is 0 Å². The first kappa shape index (κ1) is 13.4. The lowest BCUT2D eigenvalue weighted by molar-refractivity contribution is 0.0967. The van der Waals surface area contributed by atoms with Gasteiger partial charge in [-0.15, -0.1) is 0 Å². The summed E-state index contributed by atoms with van der Waals surface area (Å²) in [7, 11) is 0. The Bertz CT molecular complexity index is 727. The molecule has 0 bridgehead atoms. The van der Waals surface area contributed by atoms with Gasteiger partial charge in [0.2, 0.25) is 0 Å². The summed E-state index contributed by atoms with van der Waals surface area (Å²) in [6.45, 7) is 2.91. The molecular formula is C17H19N3O2. The summed E-state index contributed by atoms with van der Waals surface area (Å²) in [5.41, 5.74) is 2.12. The van der Waals surface area contributed by atoms with E-state index in [2.05, 4.69) is 33.2 Å². The molecule has 3 aromatic rings. The van der Waals surface area contributed by atoms with Crippen molar-refractivity contribution in [1.29, 1.82) is 0 Å². The SMILES string of the molecule is c1cc(OC2CCN(Cc3ccon3)CC2)c2cc[nH]c2c1. The molecule has 0 radical (unpaired) electrons. The van der Waals surface area contributed by atoms with Crippen LogP contribution in [0, 0.1) is 0 Å². The first-order chi connectivity index (χ1) is 10.9. The molecule has 3 heterocycles. The Hall–Kier alpha value is -2.27. The van der Waals surface area contributed by atoms with Gasteiger partial charge >= 0.3 is 0 Å². The average Bonchev–Trinajstić information content (AvgIpc) is 3.21. The maximum absolute atomic E-state index is 6.23. The molecule has 5 nitrogen and oxygen atoms in total. The molecular weight excluding hydrogens is 278 g/mol. The smallest absolute Gasteiger partial charge is 0.129 e. The topological polar surface area (TPSA) is 54.3 Å². The van der Waals surface area contributed by atoms with E-state index in [4.69, 9.17) is 9.26 Å². The van der Waals surface area contributed by atoms with Gasteiger partial charge in [-0.25, -0.2) is 0 Å². The summed E-state index contributed by atoms with van der Waals surface area (Å²) >= 11 is 0. The second kappa shape index (κ2) is 5.85. The van der Waals surface area contributed by atoms with Gasteiger partial charge in [-0.1, -0.05) is 11.2 Å². The number of benzene rings is 1. The summed E-state index contributed by atoms with van der Waals surface area (Å²) in [6, 6.07) is 10.2. The molecule has 1 N–H and O–H groups in total. The highest BCUT2D eigenvalue weighted by Gasteiger charge is 2.21. The van der Waals surface area contributed by atoms with E-state index in [0.29, 0.717) is 0 Å². The van der Waals surface area contributed by atoms with Crippen LogP contribution in [0.2, 0.25) is 0 Å². The molecule has 114 valence electrons. The molecule has 0 saturated carbocycles. The van der Waals surface area contributed by atoms with Gasteiger partial charge in [-0.2, -0.15) is 0 Å².